The number of nitrogens with zero attached hydrogens (tertiary/aromatic N) is 2. The van der Waals surface area contributed by atoms with Gasteiger partial charge >= 0.3 is 0 Å². The molecule has 1 aromatic rings. The van der Waals surface area contributed by atoms with Crippen molar-refractivity contribution < 1.29 is 9.53 Å². The highest BCUT2D eigenvalue weighted by Gasteiger charge is 2.24. The van der Waals surface area contributed by atoms with Gasteiger partial charge in [-0.1, -0.05) is 13.8 Å². The molecule has 2 rings (SSSR count). The van der Waals surface area contributed by atoms with Crippen molar-refractivity contribution in [2.24, 2.45) is 0 Å². The Morgan fingerprint density at radius 1 is 1.47 bits per heavy atom. The Balaban J connectivity index is 0.000000531. The van der Waals surface area contributed by atoms with Crippen molar-refractivity contribution >= 4 is 5.91 Å². The molecule has 0 atom stereocenters. The highest BCUT2D eigenvalue weighted by molar-refractivity contribution is 5.98. The Labute approximate surface area is 89.9 Å². The second-order valence-corrected chi connectivity index (χ2v) is 3.05. The third kappa shape index (κ3) is 2.09. The summed E-state index contributed by atoms with van der Waals surface area (Å²) in [6.45, 7) is 4.64. The molecule has 0 bridgehead atoms. The summed E-state index contributed by atoms with van der Waals surface area (Å²) in [7, 11) is 3.31. The lowest BCUT2D eigenvalue weighted by Gasteiger charge is -2.04. The maximum Gasteiger partial charge on any atom is 0.254 e. The number of ether oxygens (including phenoxy) is 1. The predicted octanol–water partition coefficient (Wildman–Crippen LogP) is 1.70. The predicted molar refractivity (Wildman–Crippen MR) is 57.9 cm³/mol. The van der Waals surface area contributed by atoms with E-state index >= 15 is 0 Å². The number of rotatable bonds is 1. The Kier molecular flexibility index (Phi) is 3.66. The van der Waals surface area contributed by atoms with Crippen molar-refractivity contribution in [3.63, 3.8) is 0 Å². The maximum absolute atomic E-state index is 11.5. The first-order chi connectivity index (χ1) is 7.22. The molecule has 1 aromatic heterocycles. The fourth-order valence-electron chi connectivity index (χ4n) is 1.43. The van der Waals surface area contributed by atoms with Crippen molar-refractivity contribution in [1.29, 1.82) is 0 Å². The van der Waals surface area contributed by atoms with Gasteiger partial charge in [-0.2, -0.15) is 0 Å². The molecule has 0 fully saturated rings. The van der Waals surface area contributed by atoms with Crippen molar-refractivity contribution in [2.45, 2.75) is 20.4 Å². The average molecular weight is 208 g/mol. The Bertz CT molecular complexity index is 364. The van der Waals surface area contributed by atoms with Gasteiger partial charge in [-0.15, -0.1) is 0 Å². The lowest BCUT2D eigenvalue weighted by Crippen LogP contribution is -2.17. The minimum atomic E-state index is 0.0377. The summed E-state index contributed by atoms with van der Waals surface area (Å²) >= 11 is 0. The summed E-state index contributed by atoms with van der Waals surface area (Å²) < 4.78 is 4.94. The van der Waals surface area contributed by atoms with E-state index in [0.29, 0.717) is 18.0 Å². The molecule has 2 heterocycles. The van der Waals surface area contributed by atoms with Crippen LogP contribution in [0.1, 0.15) is 29.8 Å². The number of hydrogen-bond donors (Lipinski definition) is 0. The summed E-state index contributed by atoms with van der Waals surface area (Å²) in [6.07, 6.45) is 1.69. The van der Waals surface area contributed by atoms with Gasteiger partial charge in [-0.3, -0.25) is 4.79 Å². The van der Waals surface area contributed by atoms with Crippen molar-refractivity contribution in [1.82, 2.24) is 9.88 Å². The van der Waals surface area contributed by atoms with E-state index < -0.39 is 0 Å². The van der Waals surface area contributed by atoms with Gasteiger partial charge in [0.25, 0.3) is 5.91 Å². The number of carbonyl (C=O) groups excluding carboxylic acids is 1. The van der Waals surface area contributed by atoms with Crippen LogP contribution in [0, 0.1) is 0 Å². The number of amides is 1. The number of fused-ring (bicyclic) bond motifs is 1. The van der Waals surface area contributed by atoms with Gasteiger partial charge in [0.2, 0.25) is 5.88 Å². The normalized spacial score (nSPS) is 13.1. The van der Waals surface area contributed by atoms with Crippen LogP contribution in [0.3, 0.4) is 0 Å². The zero-order valence-corrected chi connectivity index (χ0v) is 9.57. The molecule has 0 aliphatic carbocycles. The number of aromatic nitrogens is 1. The van der Waals surface area contributed by atoms with Crippen LogP contribution in [0.2, 0.25) is 0 Å². The largest absolute Gasteiger partial charge is 0.481 e. The van der Waals surface area contributed by atoms with Crippen LogP contribution in [-0.4, -0.2) is 29.9 Å². The molecule has 0 spiro atoms. The van der Waals surface area contributed by atoms with Crippen molar-refractivity contribution in [3.05, 3.63) is 23.4 Å². The van der Waals surface area contributed by atoms with Gasteiger partial charge in [0.05, 0.1) is 12.7 Å². The maximum atomic E-state index is 11.5. The first kappa shape index (κ1) is 11.5. The molecular weight excluding hydrogens is 192 g/mol. The third-order valence-corrected chi connectivity index (χ3v) is 2.16. The lowest BCUT2D eigenvalue weighted by molar-refractivity contribution is 0.0816. The number of hydrogen-bond acceptors (Lipinski definition) is 3. The van der Waals surface area contributed by atoms with Crippen LogP contribution in [0.15, 0.2) is 12.3 Å². The second-order valence-electron chi connectivity index (χ2n) is 3.05. The molecule has 0 saturated heterocycles. The fourth-order valence-corrected chi connectivity index (χ4v) is 1.43. The Hall–Kier alpha value is -1.58. The summed E-state index contributed by atoms with van der Waals surface area (Å²) in [4.78, 5) is 17.2. The molecule has 82 valence electrons. The molecule has 0 radical (unpaired) electrons. The van der Waals surface area contributed by atoms with E-state index in [1.807, 2.05) is 13.8 Å². The van der Waals surface area contributed by atoms with Gasteiger partial charge in [-0.05, 0) is 0 Å². The lowest BCUT2D eigenvalue weighted by atomic mass is 10.2. The van der Waals surface area contributed by atoms with E-state index in [4.69, 9.17) is 4.74 Å². The molecule has 0 aromatic carbocycles. The van der Waals surface area contributed by atoms with Crippen LogP contribution in [0.25, 0.3) is 0 Å². The van der Waals surface area contributed by atoms with Crippen molar-refractivity contribution in [2.75, 3.05) is 14.2 Å². The van der Waals surface area contributed by atoms with Crippen LogP contribution < -0.4 is 4.74 Å². The zero-order chi connectivity index (χ0) is 11.4. The molecule has 4 heteroatoms. The van der Waals surface area contributed by atoms with E-state index in [9.17, 15) is 4.79 Å². The monoisotopic (exact) mass is 208 g/mol. The van der Waals surface area contributed by atoms with Gasteiger partial charge in [-0.25, -0.2) is 4.98 Å². The average Bonchev–Trinajstić information content (AvgIpc) is 2.57. The fraction of sp³-hybridized carbons (Fsp3) is 0.455. The number of methoxy groups -OCH3 is 1. The summed E-state index contributed by atoms with van der Waals surface area (Å²) in [5, 5.41) is 0. The standard InChI is InChI=1S/C9H10N2O2.C2H6/c1-11-5-6-4-10-8(13-2)3-7(6)9(11)12;1-2/h3-4H,5H2,1-2H3;1-2H3. The molecule has 1 aliphatic rings. The molecule has 1 amide bonds. The Morgan fingerprint density at radius 2 is 2.13 bits per heavy atom. The van der Waals surface area contributed by atoms with Crippen LogP contribution in [0.4, 0.5) is 0 Å². The van der Waals surface area contributed by atoms with Crippen molar-refractivity contribution in [3.8, 4) is 5.88 Å². The second kappa shape index (κ2) is 4.77. The molecular formula is C11H16N2O2. The van der Waals surface area contributed by atoms with Gasteiger partial charge in [0.1, 0.15) is 0 Å². The van der Waals surface area contributed by atoms with E-state index in [-0.39, 0.29) is 5.91 Å². The number of pyridine rings is 1. The van der Waals surface area contributed by atoms with Crippen LogP contribution in [-0.2, 0) is 6.54 Å². The third-order valence-electron chi connectivity index (χ3n) is 2.16. The Morgan fingerprint density at radius 3 is 2.73 bits per heavy atom. The van der Waals surface area contributed by atoms with Gasteiger partial charge < -0.3 is 9.64 Å². The van der Waals surface area contributed by atoms with E-state index in [1.54, 1.807) is 24.2 Å². The molecule has 0 saturated carbocycles. The molecule has 0 unspecified atom stereocenters. The molecule has 15 heavy (non-hydrogen) atoms. The molecule has 4 nitrogen and oxygen atoms in total. The molecule has 1 aliphatic heterocycles. The van der Waals surface area contributed by atoms with Gasteiger partial charge in [0.15, 0.2) is 0 Å². The topological polar surface area (TPSA) is 42.4 Å². The highest BCUT2D eigenvalue weighted by atomic mass is 16.5. The minimum absolute atomic E-state index is 0.0377. The highest BCUT2D eigenvalue weighted by Crippen LogP contribution is 2.23. The summed E-state index contributed by atoms with van der Waals surface area (Å²) in [6, 6.07) is 1.68. The van der Waals surface area contributed by atoms with Crippen LogP contribution in [0.5, 0.6) is 5.88 Å². The van der Waals surface area contributed by atoms with Crippen LogP contribution >= 0.6 is 0 Å². The van der Waals surface area contributed by atoms with Gasteiger partial charge in [0, 0.05) is 31.4 Å². The van der Waals surface area contributed by atoms with E-state index in [1.165, 1.54) is 7.11 Å². The SMILES string of the molecule is CC.COc1cc2c(cn1)CN(C)C2=O. The minimum Gasteiger partial charge on any atom is -0.481 e. The smallest absolute Gasteiger partial charge is 0.254 e. The molecule has 0 N–H and O–H groups in total. The quantitative estimate of drug-likeness (QED) is 0.705. The zero-order valence-electron chi connectivity index (χ0n) is 9.57. The number of carbonyl (C=O) groups is 1. The first-order valence-corrected chi connectivity index (χ1v) is 5.00. The summed E-state index contributed by atoms with van der Waals surface area (Å²) in [5.74, 6) is 0.526. The summed E-state index contributed by atoms with van der Waals surface area (Å²) in [5.41, 5.74) is 1.67. The van der Waals surface area contributed by atoms with E-state index in [2.05, 4.69) is 4.98 Å². The first-order valence-electron chi connectivity index (χ1n) is 5.00. The van der Waals surface area contributed by atoms with E-state index in [0.717, 1.165) is 5.56 Å².